The van der Waals surface area contributed by atoms with Crippen molar-refractivity contribution in [2.75, 3.05) is 14.2 Å². The summed E-state index contributed by atoms with van der Waals surface area (Å²) in [4.78, 5) is 10.9. The zero-order chi connectivity index (χ0) is 12.7. The van der Waals surface area contributed by atoms with Gasteiger partial charge in [-0.25, -0.2) is 0 Å². The van der Waals surface area contributed by atoms with E-state index in [-0.39, 0.29) is 12.4 Å². The summed E-state index contributed by atoms with van der Waals surface area (Å²) in [7, 11) is 2.86. The maximum atomic E-state index is 10.9. The smallest absolute Gasteiger partial charge is 0.309 e. The standard InChI is InChI=1S/C13H13NO3/c1-16-12-7-6-10(8-11(12)9-14)4-3-5-13(15)17-2/h3-4,6-8H,5H2,1-2H3. The van der Waals surface area contributed by atoms with Crippen molar-refractivity contribution in [1.29, 1.82) is 5.26 Å². The van der Waals surface area contributed by atoms with Gasteiger partial charge < -0.3 is 9.47 Å². The summed E-state index contributed by atoms with van der Waals surface area (Å²) < 4.78 is 9.54. The first-order valence-corrected chi connectivity index (χ1v) is 5.02. The molecule has 0 heterocycles. The van der Waals surface area contributed by atoms with Gasteiger partial charge in [-0.15, -0.1) is 0 Å². The largest absolute Gasteiger partial charge is 0.495 e. The molecule has 0 radical (unpaired) electrons. The van der Waals surface area contributed by atoms with Crippen LogP contribution in [0.5, 0.6) is 5.75 Å². The van der Waals surface area contributed by atoms with Crippen LogP contribution in [0.15, 0.2) is 24.3 Å². The molecule has 4 heteroatoms. The van der Waals surface area contributed by atoms with Gasteiger partial charge in [0.15, 0.2) is 0 Å². The lowest BCUT2D eigenvalue weighted by Gasteiger charge is -2.02. The first kappa shape index (κ1) is 12.8. The van der Waals surface area contributed by atoms with Gasteiger partial charge in [0.2, 0.25) is 0 Å². The zero-order valence-corrected chi connectivity index (χ0v) is 9.77. The first-order valence-electron chi connectivity index (χ1n) is 5.02. The van der Waals surface area contributed by atoms with Gasteiger partial charge in [0.05, 0.1) is 26.2 Å². The third kappa shape index (κ3) is 3.65. The highest BCUT2D eigenvalue weighted by Gasteiger charge is 2.01. The normalized spacial score (nSPS) is 9.94. The predicted octanol–water partition coefficient (Wildman–Crippen LogP) is 2.14. The van der Waals surface area contributed by atoms with Crippen LogP contribution in [-0.4, -0.2) is 20.2 Å². The van der Waals surface area contributed by atoms with E-state index in [0.29, 0.717) is 11.3 Å². The molecule has 0 fully saturated rings. The summed E-state index contributed by atoms with van der Waals surface area (Å²) in [6.07, 6.45) is 3.66. The molecule has 1 aromatic carbocycles. The zero-order valence-electron chi connectivity index (χ0n) is 9.77. The number of ether oxygens (including phenoxy) is 2. The Morgan fingerprint density at radius 1 is 1.47 bits per heavy atom. The second-order valence-electron chi connectivity index (χ2n) is 3.25. The fourth-order valence-electron chi connectivity index (χ4n) is 1.29. The Labute approximate surface area is 100 Å². The van der Waals surface area contributed by atoms with Crippen LogP contribution in [0.1, 0.15) is 17.5 Å². The summed E-state index contributed by atoms with van der Waals surface area (Å²) in [6, 6.07) is 7.28. The van der Waals surface area contributed by atoms with Crippen molar-refractivity contribution in [2.45, 2.75) is 6.42 Å². The van der Waals surface area contributed by atoms with Crippen molar-refractivity contribution in [3.05, 3.63) is 35.4 Å². The minimum atomic E-state index is -0.296. The molecule has 0 aliphatic rings. The fraction of sp³-hybridized carbons (Fsp3) is 0.231. The minimum Gasteiger partial charge on any atom is -0.495 e. The summed E-state index contributed by atoms with van der Waals surface area (Å²) in [5.74, 6) is 0.243. The Kier molecular flexibility index (Phi) is 4.77. The van der Waals surface area contributed by atoms with Crippen LogP contribution < -0.4 is 4.74 Å². The minimum absolute atomic E-state index is 0.213. The number of benzene rings is 1. The van der Waals surface area contributed by atoms with Crippen molar-refractivity contribution >= 4 is 12.0 Å². The number of hydrogen-bond acceptors (Lipinski definition) is 4. The number of hydrogen-bond donors (Lipinski definition) is 0. The summed E-state index contributed by atoms with van der Waals surface area (Å²) in [6.45, 7) is 0. The van der Waals surface area contributed by atoms with E-state index in [9.17, 15) is 4.79 Å². The van der Waals surface area contributed by atoms with Crippen LogP contribution in [0, 0.1) is 11.3 Å². The molecule has 0 N–H and O–H groups in total. The molecular formula is C13H13NO3. The molecule has 17 heavy (non-hydrogen) atoms. The molecule has 88 valence electrons. The van der Waals surface area contributed by atoms with Crippen molar-refractivity contribution < 1.29 is 14.3 Å². The highest BCUT2D eigenvalue weighted by molar-refractivity contribution is 5.72. The van der Waals surface area contributed by atoms with Gasteiger partial charge in [0.25, 0.3) is 0 Å². The van der Waals surface area contributed by atoms with E-state index >= 15 is 0 Å². The average Bonchev–Trinajstić information content (AvgIpc) is 2.38. The van der Waals surface area contributed by atoms with Crippen molar-refractivity contribution in [3.8, 4) is 11.8 Å². The van der Waals surface area contributed by atoms with Gasteiger partial charge in [0, 0.05) is 0 Å². The van der Waals surface area contributed by atoms with Gasteiger partial charge in [-0.2, -0.15) is 5.26 Å². The lowest BCUT2D eigenvalue weighted by Crippen LogP contribution is -1.96. The molecule has 1 aromatic rings. The Bertz CT molecular complexity index is 472. The van der Waals surface area contributed by atoms with E-state index in [0.717, 1.165) is 5.56 Å². The van der Waals surface area contributed by atoms with Gasteiger partial charge in [-0.1, -0.05) is 18.2 Å². The highest BCUT2D eigenvalue weighted by Crippen LogP contribution is 2.19. The Morgan fingerprint density at radius 3 is 2.82 bits per heavy atom. The third-order valence-electron chi connectivity index (χ3n) is 2.17. The fourth-order valence-corrected chi connectivity index (χ4v) is 1.29. The third-order valence-corrected chi connectivity index (χ3v) is 2.17. The molecule has 0 bridgehead atoms. The number of carbonyl (C=O) groups is 1. The molecule has 0 atom stereocenters. The molecule has 0 amide bonds. The van der Waals surface area contributed by atoms with E-state index in [4.69, 9.17) is 10.00 Å². The van der Waals surface area contributed by atoms with Crippen LogP contribution in [0.2, 0.25) is 0 Å². The lowest BCUT2D eigenvalue weighted by molar-refractivity contribution is -0.139. The number of esters is 1. The van der Waals surface area contributed by atoms with E-state index in [1.807, 2.05) is 12.1 Å². The summed E-state index contributed by atoms with van der Waals surface area (Å²) in [5, 5.41) is 8.90. The van der Waals surface area contributed by atoms with E-state index < -0.39 is 0 Å². The molecule has 0 saturated heterocycles. The number of methoxy groups -OCH3 is 2. The van der Waals surface area contributed by atoms with E-state index in [1.54, 1.807) is 24.3 Å². The predicted molar refractivity (Wildman–Crippen MR) is 63.4 cm³/mol. The average molecular weight is 231 g/mol. The second kappa shape index (κ2) is 6.33. The topological polar surface area (TPSA) is 59.3 Å². The highest BCUT2D eigenvalue weighted by atomic mass is 16.5. The van der Waals surface area contributed by atoms with Crippen LogP contribution >= 0.6 is 0 Å². The summed E-state index contributed by atoms with van der Waals surface area (Å²) in [5.41, 5.74) is 1.30. The molecule has 4 nitrogen and oxygen atoms in total. The number of rotatable bonds is 4. The Balaban J connectivity index is 2.80. The molecule has 0 aliphatic carbocycles. The molecule has 0 aromatic heterocycles. The molecular weight excluding hydrogens is 218 g/mol. The number of carbonyl (C=O) groups excluding carboxylic acids is 1. The van der Waals surface area contributed by atoms with Crippen molar-refractivity contribution in [1.82, 2.24) is 0 Å². The van der Waals surface area contributed by atoms with Crippen molar-refractivity contribution in [2.24, 2.45) is 0 Å². The van der Waals surface area contributed by atoms with Crippen LogP contribution in [0.25, 0.3) is 6.08 Å². The van der Waals surface area contributed by atoms with Gasteiger partial charge in [-0.05, 0) is 17.7 Å². The monoisotopic (exact) mass is 231 g/mol. The Hall–Kier alpha value is -2.28. The number of nitriles is 1. The van der Waals surface area contributed by atoms with Gasteiger partial charge in [0.1, 0.15) is 11.8 Å². The lowest BCUT2D eigenvalue weighted by atomic mass is 10.1. The van der Waals surface area contributed by atoms with Gasteiger partial charge >= 0.3 is 5.97 Å². The van der Waals surface area contributed by atoms with Crippen LogP contribution in [0.3, 0.4) is 0 Å². The molecule has 1 rings (SSSR count). The van der Waals surface area contributed by atoms with E-state index in [2.05, 4.69) is 4.74 Å². The maximum absolute atomic E-state index is 10.9. The molecule has 0 saturated carbocycles. The molecule has 0 aliphatic heterocycles. The number of nitrogens with zero attached hydrogens (tertiary/aromatic N) is 1. The Morgan fingerprint density at radius 2 is 2.24 bits per heavy atom. The first-order chi connectivity index (χ1) is 8.21. The molecule has 0 spiro atoms. The van der Waals surface area contributed by atoms with Crippen molar-refractivity contribution in [3.63, 3.8) is 0 Å². The van der Waals surface area contributed by atoms with Crippen LogP contribution in [0.4, 0.5) is 0 Å². The van der Waals surface area contributed by atoms with E-state index in [1.165, 1.54) is 14.2 Å². The maximum Gasteiger partial charge on any atom is 0.309 e. The SMILES string of the molecule is COC(=O)CC=Cc1ccc(OC)c(C#N)c1. The quantitative estimate of drug-likeness (QED) is 0.745. The second-order valence-corrected chi connectivity index (χ2v) is 3.25. The van der Waals surface area contributed by atoms with Crippen LogP contribution in [-0.2, 0) is 9.53 Å². The van der Waals surface area contributed by atoms with Gasteiger partial charge in [-0.3, -0.25) is 4.79 Å². The molecule has 0 unspecified atom stereocenters. The summed E-state index contributed by atoms with van der Waals surface area (Å²) >= 11 is 0.